The number of amides is 2. The van der Waals surface area contributed by atoms with Gasteiger partial charge in [0.2, 0.25) is 12.8 Å². The van der Waals surface area contributed by atoms with Gasteiger partial charge in [-0.1, -0.05) is 11.6 Å². The molecule has 0 aromatic carbocycles. The van der Waals surface area contributed by atoms with Crippen molar-refractivity contribution in [2.24, 2.45) is 17.8 Å². The Kier molecular flexibility index (Phi) is 5.46. The molecule has 2 fully saturated rings. The van der Waals surface area contributed by atoms with Gasteiger partial charge in [-0.15, -0.1) is 0 Å². The molecule has 1 heterocycles. The number of rotatable bonds is 6. The van der Waals surface area contributed by atoms with E-state index >= 15 is 0 Å². The lowest BCUT2D eigenvalue weighted by Gasteiger charge is -2.54. The van der Waals surface area contributed by atoms with Crippen LogP contribution in [0.25, 0.3) is 0 Å². The summed E-state index contributed by atoms with van der Waals surface area (Å²) in [7, 11) is 0. The van der Waals surface area contributed by atoms with E-state index in [-0.39, 0.29) is 22.8 Å². The molecule has 0 spiro atoms. The van der Waals surface area contributed by atoms with Gasteiger partial charge in [-0.3, -0.25) is 9.59 Å². The zero-order valence-electron chi connectivity index (χ0n) is 17.5. The normalized spacial score (nSPS) is 42.0. The Bertz CT molecular complexity index is 617. The third kappa shape index (κ3) is 3.67. The van der Waals surface area contributed by atoms with Gasteiger partial charge in [0, 0.05) is 5.54 Å². The minimum atomic E-state index is -0.362. The van der Waals surface area contributed by atoms with Crippen molar-refractivity contribution in [3.63, 3.8) is 0 Å². The largest absolute Gasteiger partial charge is 0.369 e. The summed E-state index contributed by atoms with van der Waals surface area (Å²) in [5, 5.41) is 6.08. The first-order valence-corrected chi connectivity index (χ1v) is 10.4. The Labute approximate surface area is 163 Å². The van der Waals surface area contributed by atoms with Crippen molar-refractivity contribution in [3.8, 4) is 0 Å². The second-order valence-electron chi connectivity index (χ2n) is 10.0. The van der Waals surface area contributed by atoms with Crippen LogP contribution in [0, 0.1) is 17.8 Å². The van der Waals surface area contributed by atoms with Gasteiger partial charge in [-0.05, 0) is 90.9 Å². The summed E-state index contributed by atoms with van der Waals surface area (Å²) in [6.45, 7) is 10.8. The third-order valence-electron chi connectivity index (χ3n) is 7.77. The number of hydrogen-bond donors (Lipinski definition) is 2. The molecule has 3 aliphatic rings. The van der Waals surface area contributed by atoms with Crippen LogP contribution in [0.5, 0.6) is 0 Å². The Morgan fingerprint density at radius 3 is 2.52 bits per heavy atom. The van der Waals surface area contributed by atoms with Crippen LogP contribution >= 0.6 is 0 Å². The predicted molar refractivity (Wildman–Crippen MR) is 106 cm³/mol. The minimum absolute atomic E-state index is 0.0289. The lowest BCUT2D eigenvalue weighted by molar-refractivity contribution is -0.132. The highest BCUT2D eigenvalue weighted by atomic mass is 16.5. The Morgan fingerprint density at radius 1 is 1.11 bits per heavy atom. The van der Waals surface area contributed by atoms with Gasteiger partial charge in [0.25, 0.3) is 0 Å². The number of nitrogens with one attached hydrogen (secondary N) is 2. The van der Waals surface area contributed by atoms with E-state index < -0.39 is 0 Å². The number of fused-ring (bicyclic) bond motifs is 1. The first kappa shape index (κ1) is 20.4. The van der Waals surface area contributed by atoms with E-state index in [1.165, 1.54) is 5.57 Å². The van der Waals surface area contributed by atoms with Crippen molar-refractivity contribution in [3.05, 3.63) is 11.6 Å². The zero-order valence-corrected chi connectivity index (χ0v) is 17.5. The summed E-state index contributed by atoms with van der Waals surface area (Å²) in [6.07, 6.45) is 10.4. The molecule has 1 saturated heterocycles. The zero-order chi connectivity index (χ0) is 19.9. The van der Waals surface area contributed by atoms with Gasteiger partial charge in [0.1, 0.15) is 0 Å². The Morgan fingerprint density at radius 2 is 1.85 bits per heavy atom. The van der Waals surface area contributed by atoms with Gasteiger partial charge >= 0.3 is 0 Å². The van der Waals surface area contributed by atoms with Crippen molar-refractivity contribution in [1.29, 1.82) is 0 Å². The fourth-order valence-corrected chi connectivity index (χ4v) is 5.99. The van der Waals surface area contributed by atoms with Gasteiger partial charge in [0.05, 0.1) is 17.2 Å². The summed E-state index contributed by atoms with van der Waals surface area (Å²) >= 11 is 0. The van der Waals surface area contributed by atoms with Gasteiger partial charge < -0.3 is 15.4 Å². The molecule has 1 aliphatic heterocycles. The maximum Gasteiger partial charge on any atom is 0.207 e. The first-order valence-electron chi connectivity index (χ1n) is 10.4. The quantitative estimate of drug-likeness (QED) is 0.552. The van der Waals surface area contributed by atoms with Gasteiger partial charge in [0.15, 0.2) is 0 Å². The first-order chi connectivity index (χ1) is 12.6. The van der Waals surface area contributed by atoms with Crippen LogP contribution in [0.15, 0.2) is 11.6 Å². The molecule has 2 N–H and O–H groups in total. The van der Waals surface area contributed by atoms with E-state index in [1.54, 1.807) is 0 Å². The molecule has 0 aromatic heterocycles. The lowest BCUT2D eigenvalue weighted by atomic mass is 9.56. The Balaban J connectivity index is 1.85. The maximum atomic E-state index is 11.2. The molecule has 6 atom stereocenters. The molecular formula is C22H36N2O3. The average Bonchev–Trinajstić information content (AvgIpc) is 2.99. The topological polar surface area (TPSA) is 67.4 Å². The van der Waals surface area contributed by atoms with E-state index in [0.29, 0.717) is 17.8 Å². The summed E-state index contributed by atoms with van der Waals surface area (Å²) in [4.78, 5) is 22.2. The maximum absolute atomic E-state index is 11.2. The fourth-order valence-electron chi connectivity index (χ4n) is 5.99. The van der Waals surface area contributed by atoms with E-state index in [1.807, 2.05) is 13.8 Å². The van der Waals surface area contributed by atoms with Crippen molar-refractivity contribution in [1.82, 2.24) is 10.6 Å². The molecule has 152 valence electrons. The van der Waals surface area contributed by atoms with E-state index in [2.05, 4.69) is 37.5 Å². The standard InChI is InChI=1S/C22H36N2O3/c1-15-6-7-17-16(12-15)18(8-10-21(17,4)24-14-26)22(5)11-9-19(27-22)20(2,3)23-13-25/h12-14,16-19H,6-11H2,1-5H3,(H,23,25)(H,24,26). The molecular weight excluding hydrogens is 340 g/mol. The van der Waals surface area contributed by atoms with Crippen LogP contribution in [-0.2, 0) is 14.3 Å². The molecule has 27 heavy (non-hydrogen) atoms. The van der Waals surface area contributed by atoms with Gasteiger partial charge in [-0.25, -0.2) is 0 Å². The third-order valence-corrected chi connectivity index (χ3v) is 7.77. The van der Waals surface area contributed by atoms with Gasteiger partial charge in [-0.2, -0.15) is 0 Å². The highest BCUT2D eigenvalue weighted by molar-refractivity contribution is 5.48. The lowest BCUT2D eigenvalue weighted by Crippen LogP contribution is -2.59. The van der Waals surface area contributed by atoms with Crippen LogP contribution in [0.3, 0.4) is 0 Å². The average molecular weight is 377 g/mol. The summed E-state index contributed by atoms with van der Waals surface area (Å²) in [5.41, 5.74) is 0.774. The van der Waals surface area contributed by atoms with Crippen LogP contribution in [-0.4, -0.2) is 35.6 Å². The number of hydrogen-bond acceptors (Lipinski definition) is 3. The fraction of sp³-hybridized carbons (Fsp3) is 0.818. The summed E-state index contributed by atoms with van der Waals surface area (Å²) in [5.74, 6) is 1.32. The van der Waals surface area contributed by atoms with Crippen molar-refractivity contribution in [2.75, 3.05) is 0 Å². The Hall–Kier alpha value is -1.36. The van der Waals surface area contributed by atoms with Crippen molar-refractivity contribution >= 4 is 12.8 Å². The second-order valence-corrected chi connectivity index (χ2v) is 10.0. The smallest absolute Gasteiger partial charge is 0.207 e. The molecule has 0 radical (unpaired) electrons. The molecule has 3 rings (SSSR count). The second kappa shape index (κ2) is 7.23. The summed E-state index contributed by atoms with van der Waals surface area (Å²) in [6, 6.07) is 0. The van der Waals surface area contributed by atoms with Crippen LogP contribution < -0.4 is 10.6 Å². The molecule has 2 amide bonds. The van der Waals surface area contributed by atoms with E-state index in [4.69, 9.17) is 4.74 Å². The molecule has 5 heteroatoms. The minimum Gasteiger partial charge on any atom is -0.369 e. The monoisotopic (exact) mass is 376 g/mol. The molecule has 0 bridgehead atoms. The number of allylic oxidation sites excluding steroid dienone is 2. The number of ether oxygens (including phenoxy) is 1. The van der Waals surface area contributed by atoms with E-state index in [0.717, 1.165) is 51.3 Å². The molecule has 6 unspecified atom stereocenters. The van der Waals surface area contributed by atoms with Crippen molar-refractivity contribution < 1.29 is 14.3 Å². The van der Waals surface area contributed by atoms with Crippen LogP contribution in [0.4, 0.5) is 0 Å². The van der Waals surface area contributed by atoms with E-state index in [9.17, 15) is 9.59 Å². The summed E-state index contributed by atoms with van der Waals surface area (Å²) < 4.78 is 6.68. The predicted octanol–water partition coefficient (Wildman–Crippen LogP) is 3.34. The van der Waals surface area contributed by atoms with Crippen LogP contribution in [0.1, 0.15) is 73.1 Å². The highest BCUT2D eigenvalue weighted by Gasteiger charge is 2.55. The van der Waals surface area contributed by atoms with Crippen molar-refractivity contribution in [2.45, 2.75) is 95.9 Å². The highest BCUT2D eigenvalue weighted by Crippen LogP contribution is 2.54. The molecule has 5 nitrogen and oxygen atoms in total. The number of carbonyl (C=O) groups excluding carboxylic acids is 2. The number of carbonyl (C=O) groups is 2. The van der Waals surface area contributed by atoms with Crippen LogP contribution in [0.2, 0.25) is 0 Å². The molecule has 0 aromatic rings. The molecule has 1 saturated carbocycles. The molecule has 2 aliphatic carbocycles. The SMILES string of the molecule is CC1=CC2C(CC1)C(C)(NC=O)CCC2C1(C)CCC(C(C)(C)NC=O)O1.